The second-order valence-electron chi connectivity index (χ2n) is 6.13. The number of aryl methyl sites for hydroxylation is 3. The first-order chi connectivity index (χ1) is 10.2. The minimum atomic E-state index is -0.339. The highest BCUT2D eigenvalue weighted by molar-refractivity contribution is 5.11. The highest BCUT2D eigenvalue weighted by atomic mass is 15.3. The summed E-state index contributed by atoms with van der Waals surface area (Å²) in [7, 11) is 0. The van der Waals surface area contributed by atoms with E-state index >= 15 is 0 Å². The molecule has 0 saturated heterocycles. The first-order valence-corrected chi connectivity index (χ1v) is 8.41. The van der Waals surface area contributed by atoms with Crippen LogP contribution in [0.15, 0.2) is 6.07 Å². The Bertz CT molecular complexity index is 495. The van der Waals surface area contributed by atoms with Crippen molar-refractivity contribution in [3.05, 3.63) is 17.5 Å². The molecule has 1 N–H and O–H groups in total. The van der Waals surface area contributed by atoms with Gasteiger partial charge in [0.1, 0.15) is 5.54 Å². The summed E-state index contributed by atoms with van der Waals surface area (Å²) >= 11 is 0. The molecule has 0 spiro atoms. The zero-order valence-corrected chi connectivity index (χ0v) is 13.7. The Morgan fingerprint density at radius 2 is 2.14 bits per heavy atom. The van der Waals surface area contributed by atoms with E-state index in [0.29, 0.717) is 6.04 Å². The quantitative estimate of drug-likeness (QED) is 0.759. The van der Waals surface area contributed by atoms with Gasteiger partial charge in [0.05, 0.1) is 11.8 Å². The highest BCUT2D eigenvalue weighted by Crippen LogP contribution is 2.26. The molecule has 1 heterocycles. The van der Waals surface area contributed by atoms with Crippen molar-refractivity contribution < 1.29 is 0 Å². The number of aromatic nitrogens is 2. The molecule has 1 aromatic rings. The van der Waals surface area contributed by atoms with Crippen LogP contribution in [0.5, 0.6) is 0 Å². The van der Waals surface area contributed by atoms with Gasteiger partial charge >= 0.3 is 0 Å². The average Bonchev–Trinajstić information content (AvgIpc) is 3.23. The molecule has 0 aromatic carbocycles. The summed E-state index contributed by atoms with van der Waals surface area (Å²) in [6.07, 6.45) is 7.23. The number of hydrogen-bond donors (Lipinski definition) is 1. The molecule has 1 aromatic heterocycles. The molecule has 4 nitrogen and oxygen atoms in total. The monoisotopic (exact) mass is 288 g/mol. The lowest BCUT2D eigenvalue weighted by Gasteiger charge is -2.26. The zero-order valence-electron chi connectivity index (χ0n) is 13.7. The molecule has 0 bridgehead atoms. The van der Waals surface area contributed by atoms with Gasteiger partial charge < -0.3 is 0 Å². The maximum absolute atomic E-state index is 9.56. The summed E-state index contributed by atoms with van der Waals surface area (Å²) in [4.78, 5) is 0. The Kier molecular flexibility index (Phi) is 5.41. The third-order valence-electron chi connectivity index (χ3n) is 4.49. The third kappa shape index (κ3) is 4.07. The van der Waals surface area contributed by atoms with E-state index in [9.17, 15) is 5.26 Å². The van der Waals surface area contributed by atoms with Gasteiger partial charge in [0, 0.05) is 18.3 Å². The molecule has 0 aliphatic heterocycles. The average molecular weight is 288 g/mol. The second-order valence-corrected chi connectivity index (χ2v) is 6.13. The van der Waals surface area contributed by atoms with Gasteiger partial charge in [0.15, 0.2) is 0 Å². The van der Waals surface area contributed by atoms with Crippen molar-refractivity contribution in [2.45, 2.75) is 83.8 Å². The number of nitrogens with one attached hydrogen (secondary N) is 1. The van der Waals surface area contributed by atoms with E-state index in [1.54, 1.807) is 0 Å². The second kappa shape index (κ2) is 7.09. The van der Waals surface area contributed by atoms with E-state index in [4.69, 9.17) is 0 Å². The van der Waals surface area contributed by atoms with Crippen molar-refractivity contribution in [3.8, 4) is 6.07 Å². The standard InChI is InChI=1S/C17H28N4/c1-4-14-12-16(5-2)21(20-14)11-7-10-17(6-3,13-18)19-15-8-9-15/h12,15,19H,4-11H2,1-3H3. The molecule has 1 aliphatic carbocycles. The molecule has 116 valence electrons. The van der Waals surface area contributed by atoms with Crippen LogP contribution < -0.4 is 5.32 Å². The van der Waals surface area contributed by atoms with Crippen LogP contribution >= 0.6 is 0 Å². The van der Waals surface area contributed by atoms with Crippen LogP contribution in [0.1, 0.15) is 64.3 Å². The van der Waals surface area contributed by atoms with E-state index in [1.165, 1.54) is 24.2 Å². The molecule has 2 rings (SSSR count). The topological polar surface area (TPSA) is 53.6 Å². The maximum atomic E-state index is 9.56. The minimum absolute atomic E-state index is 0.339. The normalized spacial score (nSPS) is 17.4. The van der Waals surface area contributed by atoms with E-state index in [0.717, 1.165) is 38.6 Å². The maximum Gasteiger partial charge on any atom is 0.106 e. The molecule has 1 atom stereocenters. The molecule has 4 heteroatoms. The first kappa shape index (κ1) is 16.0. The SMILES string of the molecule is CCc1cc(CC)n(CCCC(C#N)(CC)NC2CC2)n1. The zero-order chi connectivity index (χ0) is 15.3. The highest BCUT2D eigenvalue weighted by Gasteiger charge is 2.34. The summed E-state index contributed by atoms with van der Waals surface area (Å²) in [6, 6.07) is 5.31. The van der Waals surface area contributed by atoms with Crippen LogP contribution in [-0.2, 0) is 19.4 Å². The van der Waals surface area contributed by atoms with Gasteiger partial charge in [-0.1, -0.05) is 20.8 Å². The molecule has 1 fully saturated rings. The van der Waals surface area contributed by atoms with Crippen molar-refractivity contribution in [3.63, 3.8) is 0 Å². The Labute approximate surface area is 128 Å². The molecular weight excluding hydrogens is 260 g/mol. The Morgan fingerprint density at radius 1 is 1.38 bits per heavy atom. The predicted octanol–water partition coefficient (Wildman–Crippen LogP) is 3.21. The summed E-state index contributed by atoms with van der Waals surface area (Å²) in [6.45, 7) is 7.34. The van der Waals surface area contributed by atoms with Crippen molar-refractivity contribution in [2.24, 2.45) is 0 Å². The molecule has 21 heavy (non-hydrogen) atoms. The molecule has 1 aliphatic rings. The van der Waals surface area contributed by atoms with Crippen molar-refractivity contribution >= 4 is 0 Å². The van der Waals surface area contributed by atoms with Crippen LogP contribution in [-0.4, -0.2) is 21.4 Å². The lowest BCUT2D eigenvalue weighted by atomic mass is 9.91. The molecule has 1 unspecified atom stereocenters. The fraction of sp³-hybridized carbons (Fsp3) is 0.765. The van der Waals surface area contributed by atoms with Gasteiger partial charge in [-0.25, -0.2) is 0 Å². The van der Waals surface area contributed by atoms with Gasteiger partial charge in [0.2, 0.25) is 0 Å². The van der Waals surface area contributed by atoms with E-state index in [1.807, 2.05) is 0 Å². The summed E-state index contributed by atoms with van der Waals surface area (Å²) in [5, 5.41) is 17.8. The van der Waals surface area contributed by atoms with E-state index < -0.39 is 0 Å². The summed E-state index contributed by atoms with van der Waals surface area (Å²) < 4.78 is 2.13. The number of rotatable bonds is 9. The van der Waals surface area contributed by atoms with Crippen LogP contribution in [0.4, 0.5) is 0 Å². The van der Waals surface area contributed by atoms with Crippen molar-refractivity contribution in [2.75, 3.05) is 0 Å². The summed E-state index contributed by atoms with van der Waals surface area (Å²) in [5.41, 5.74) is 2.14. The largest absolute Gasteiger partial charge is 0.297 e. The van der Waals surface area contributed by atoms with Gasteiger partial charge in [0.25, 0.3) is 0 Å². The first-order valence-electron chi connectivity index (χ1n) is 8.41. The molecular formula is C17H28N4. The number of nitrogens with zero attached hydrogens (tertiary/aromatic N) is 3. The lowest BCUT2D eigenvalue weighted by Crippen LogP contribution is -2.44. The van der Waals surface area contributed by atoms with Gasteiger partial charge in [-0.3, -0.25) is 10.00 Å². The third-order valence-corrected chi connectivity index (χ3v) is 4.49. The smallest absolute Gasteiger partial charge is 0.106 e. The fourth-order valence-electron chi connectivity index (χ4n) is 2.83. The van der Waals surface area contributed by atoms with Gasteiger partial charge in [-0.2, -0.15) is 10.4 Å². The van der Waals surface area contributed by atoms with Gasteiger partial charge in [-0.15, -0.1) is 0 Å². The minimum Gasteiger partial charge on any atom is -0.297 e. The van der Waals surface area contributed by atoms with E-state index in [-0.39, 0.29) is 5.54 Å². The number of nitriles is 1. The molecule has 0 radical (unpaired) electrons. The number of hydrogen-bond acceptors (Lipinski definition) is 3. The van der Waals surface area contributed by atoms with Crippen LogP contribution in [0.3, 0.4) is 0 Å². The van der Waals surface area contributed by atoms with Crippen LogP contribution in [0.25, 0.3) is 0 Å². The fourth-order valence-corrected chi connectivity index (χ4v) is 2.83. The lowest BCUT2D eigenvalue weighted by molar-refractivity contribution is 0.347. The Morgan fingerprint density at radius 3 is 2.67 bits per heavy atom. The van der Waals surface area contributed by atoms with Gasteiger partial charge in [-0.05, 0) is 51.0 Å². The molecule has 0 amide bonds. The predicted molar refractivity (Wildman–Crippen MR) is 85.0 cm³/mol. The van der Waals surface area contributed by atoms with Crippen LogP contribution in [0, 0.1) is 11.3 Å². The van der Waals surface area contributed by atoms with E-state index in [2.05, 4.69) is 48.0 Å². The molecule has 1 saturated carbocycles. The van der Waals surface area contributed by atoms with Crippen LogP contribution in [0.2, 0.25) is 0 Å². The van der Waals surface area contributed by atoms with Crippen molar-refractivity contribution in [1.82, 2.24) is 15.1 Å². The van der Waals surface area contributed by atoms with Crippen molar-refractivity contribution in [1.29, 1.82) is 5.26 Å². The summed E-state index contributed by atoms with van der Waals surface area (Å²) in [5.74, 6) is 0. The Hall–Kier alpha value is -1.34. The Balaban J connectivity index is 1.92.